The summed E-state index contributed by atoms with van der Waals surface area (Å²) in [6.07, 6.45) is 4.75. The molecule has 0 radical (unpaired) electrons. The standard InChI is InChI=1S/C19H20ClNO3S/c1-12(18(22)21-15-9-7-14(20)8-10-15)24-19(23)17-11-13-5-3-2-4-6-16(13)25-17/h7-12H,2-6H2,1H3,(H,21,22). The first-order valence-electron chi connectivity index (χ1n) is 8.42. The Hall–Kier alpha value is -1.85. The molecule has 1 N–H and O–H groups in total. The second-order valence-electron chi connectivity index (χ2n) is 6.16. The van der Waals surface area contributed by atoms with Crippen LogP contribution < -0.4 is 5.32 Å². The molecule has 132 valence electrons. The molecule has 0 saturated carbocycles. The van der Waals surface area contributed by atoms with E-state index in [1.165, 1.54) is 34.6 Å². The third-order valence-corrected chi connectivity index (χ3v) is 5.68. The molecule has 1 aliphatic carbocycles. The average molecular weight is 378 g/mol. The van der Waals surface area contributed by atoms with Gasteiger partial charge in [-0.15, -0.1) is 11.3 Å². The van der Waals surface area contributed by atoms with Crippen LogP contribution in [0.2, 0.25) is 5.02 Å². The topological polar surface area (TPSA) is 55.4 Å². The highest BCUT2D eigenvalue weighted by atomic mass is 35.5. The predicted molar refractivity (Wildman–Crippen MR) is 101 cm³/mol. The van der Waals surface area contributed by atoms with Crippen LogP contribution in [0.3, 0.4) is 0 Å². The highest BCUT2D eigenvalue weighted by molar-refractivity contribution is 7.14. The maximum absolute atomic E-state index is 12.4. The molecule has 3 rings (SSSR count). The van der Waals surface area contributed by atoms with Crippen molar-refractivity contribution in [2.24, 2.45) is 0 Å². The van der Waals surface area contributed by atoms with E-state index < -0.39 is 12.1 Å². The molecule has 0 bridgehead atoms. The largest absolute Gasteiger partial charge is 0.448 e. The van der Waals surface area contributed by atoms with Crippen molar-refractivity contribution in [3.8, 4) is 0 Å². The molecule has 4 nitrogen and oxygen atoms in total. The van der Waals surface area contributed by atoms with E-state index in [1.54, 1.807) is 31.2 Å². The first-order chi connectivity index (χ1) is 12.0. The molecule has 1 heterocycles. The number of rotatable bonds is 4. The number of amides is 1. The van der Waals surface area contributed by atoms with Gasteiger partial charge in [0.2, 0.25) is 0 Å². The third kappa shape index (κ3) is 4.61. The molecule has 1 aromatic heterocycles. The minimum absolute atomic E-state index is 0.367. The number of ether oxygens (including phenoxy) is 1. The number of benzene rings is 1. The Balaban J connectivity index is 1.60. The number of hydrogen-bond donors (Lipinski definition) is 1. The molecule has 6 heteroatoms. The van der Waals surface area contributed by atoms with Gasteiger partial charge in [0.25, 0.3) is 5.91 Å². The maximum atomic E-state index is 12.4. The fraction of sp³-hybridized carbons (Fsp3) is 0.368. The van der Waals surface area contributed by atoms with Gasteiger partial charge in [-0.05, 0) is 68.5 Å². The molecule has 1 atom stereocenters. The van der Waals surface area contributed by atoms with Crippen molar-refractivity contribution >= 4 is 40.5 Å². The van der Waals surface area contributed by atoms with Gasteiger partial charge in [-0.2, -0.15) is 0 Å². The van der Waals surface area contributed by atoms with E-state index in [9.17, 15) is 9.59 Å². The lowest BCUT2D eigenvalue weighted by molar-refractivity contribution is -0.123. The summed E-state index contributed by atoms with van der Waals surface area (Å²) >= 11 is 7.31. The maximum Gasteiger partial charge on any atom is 0.349 e. The van der Waals surface area contributed by atoms with E-state index in [-0.39, 0.29) is 5.91 Å². The summed E-state index contributed by atoms with van der Waals surface area (Å²) in [5.41, 5.74) is 1.87. The SMILES string of the molecule is CC(OC(=O)c1cc2c(s1)CCCCC2)C(=O)Nc1ccc(Cl)cc1. The van der Waals surface area contributed by atoms with Crippen LogP contribution >= 0.6 is 22.9 Å². The number of fused-ring (bicyclic) bond motifs is 1. The minimum Gasteiger partial charge on any atom is -0.448 e. The first kappa shape index (κ1) is 18.0. The van der Waals surface area contributed by atoms with Gasteiger partial charge in [-0.25, -0.2) is 4.79 Å². The Labute approximate surface area is 156 Å². The number of anilines is 1. The Kier molecular flexibility index (Phi) is 5.76. The van der Waals surface area contributed by atoms with Gasteiger partial charge in [0.05, 0.1) is 0 Å². The van der Waals surface area contributed by atoms with Gasteiger partial charge in [-0.3, -0.25) is 4.79 Å². The number of aryl methyl sites for hydroxylation is 2. The van der Waals surface area contributed by atoms with E-state index in [0.29, 0.717) is 15.6 Å². The summed E-state index contributed by atoms with van der Waals surface area (Å²) in [7, 11) is 0. The minimum atomic E-state index is -0.870. The van der Waals surface area contributed by atoms with Crippen molar-refractivity contribution in [1.29, 1.82) is 0 Å². The van der Waals surface area contributed by atoms with Gasteiger partial charge < -0.3 is 10.1 Å². The molecule has 0 aliphatic heterocycles. The highest BCUT2D eigenvalue weighted by Crippen LogP contribution is 2.29. The summed E-state index contributed by atoms with van der Waals surface area (Å²) in [5, 5.41) is 3.30. The van der Waals surface area contributed by atoms with Crippen molar-refractivity contribution in [1.82, 2.24) is 0 Å². The predicted octanol–water partition coefficient (Wildman–Crippen LogP) is 4.85. The number of carbonyl (C=O) groups is 2. The lowest BCUT2D eigenvalue weighted by Crippen LogP contribution is -2.29. The Morgan fingerprint density at radius 1 is 1.16 bits per heavy atom. The molecule has 1 unspecified atom stereocenters. The van der Waals surface area contributed by atoms with E-state index in [0.717, 1.165) is 19.3 Å². The second-order valence-corrected chi connectivity index (χ2v) is 7.74. The Bertz CT molecular complexity index is 746. The van der Waals surface area contributed by atoms with E-state index in [4.69, 9.17) is 16.3 Å². The number of carbonyl (C=O) groups excluding carboxylic acids is 2. The van der Waals surface area contributed by atoms with Gasteiger partial charge in [0.15, 0.2) is 6.10 Å². The van der Waals surface area contributed by atoms with Crippen LogP contribution in [0, 0.1) is 0 Å². The molecule has 0 fully saturated rings. The lowest BCUT2D eigenvalue weighted by Gasteiger charge is -2.13. The van der Waals surface area contributed by atoms with Crippen molar-refractivity contribution in [2.45, 2.75) is 45.1 Å². The molecule has 1 amide bonds. The molecule has 25 heavy (non-hydrogen) atoms. The second kappa shape index (κ2) is 8.02. The molecule has 0 saturated heterocycles. The summed E-state index contributed by atoms with van der Waals surface area (Å²) in [5.74, 6) is -0.800. The first-order valence-corrected chi connectivity index (χ1v) is 9.61. The van der Waals surface area contributed by atoms with E-state index >= 15 is 0 Å². The van der Waals surface area contributed by atoms with Gasteiger partial charge in [-0.1, -0.05) is 18.0 Å². The fourth-order valence-electron chi connectivity index (χ4n) is 2.82. The average Bonchev–Trinajstić information content (AvgIpc) is 2.88. The van der Waals surface area contributed by atoms with Crippen LogP contribution in [0.5, 0.6) is 0 Å². The Morgan fingerprint density at radius 3 is 2.64 bits per heavy atom. The summed E-state index contributed by atoms with van der Waals surface area (Å²) < 4.78 is 5.34. The van der Waals surface area contributed by atoms with E-state index in [1.807, 2.05) is 6.07 Å². The molecular weight excluding hydrogens is 358 g/mol. The zero-order valence-corrected chi connectivity index (χ0v) is 15.6. The van der Waals surface area contributed by atoms with Crippen molar-refractivity contribution in [3.63, 3.8) is 0 Å². The van der Waals surface area contributed by atoms with Crippen LogP contribution in [0.15, 0.2) is 30.3 Å². The molecule has 1 aliphatic rings. The van der Waals surface area contributed by atoms with Crippen LogP contribution in [-0.4, -0.2) is 18.0 Å². The zero-order valence-electron chi connectivity index (χ0n) is 14.0. The van der Waals surface area contributed by atoms with Gasteiger partial charge in [0.1, 0.15) is 4.88 Å². The zero-order chi connectivity index (χ0) is 17.8. The number of halogens is 1. The van der Waals surface area contributed by atoms with Crippen LogP contribution in [0.1, 0.15) is 46.3 Å². The van der Waals surface area contributed by atoms with Crippen molar-refractivity contribution in [2.75, 3.05) is 5.32 Å². The summed E-state index contributed by atoms with van der Waals surface area (Å²) in [6.45, 7) is 1.57. The summed E-state index contributed by atoms with van der Waals surface area (Å²) in [4.78, 5) is 26.4. The van der Waals surface area contributed by atoms with Gasteiger partial charge >= 0.3 is 5.97 Å². The smallest absolute Gasteiger partial charge is 0.349 e. The molecule has 1 aromatic carbocycles. The molecule has 2 aromatic rings. The fourth-order valence-corrected chi connectivity index (χ4v) is 4.08. The van der Waals surface area contributed by atoms with Gasteiger partial charge in [0, 0.05) is 15.6 Å². The highest BCUT2D eigenvalue weighted by Gasteiger charge is 2.22. The molecule has 0 spiro atoms. The number of hydrogen-bond acceptors (Lipinski definition) is 4. The summed E-state index contributed by atoms with van der Waals surface area (Å²) in [6, 6.07) is 8.70. The third-order valence-electron chi connectivity index (χ3n) is 4.21. The van der Waals surface area contributed by atoms with E-state index in [2.05, 4.69) is 5.32 Å². The number of esters is 1. The van der Waals surface area contributed by atoms with Crippen LogP contribution in [0.4, 0.5) is 5.69 Å². The normalized spacial score (nSPS) is 15.0. The lowest BCUT2D eigenvalue weighted by atomic mass is 10.1. The van der Waals surface area contributed by atoms with Crippen LogP contribution in [0.25, 0.3) is 0 Å². The van der Waals surface area contributed by atoms with Crippen molar-refractivity contribution in [3.05, 3.63) is 50.7 Å². The Morgan fingerprint density at radius 2 is 1.88 bits per heavy atom. The number of thiophene rings is 1. The number of nitrogens with one attached hydrogen (secondary N) is 1. The van der Waals surface area contributed by atoms with Crippen molar-refractivity contribution < 1.29 is 14.3 Å². The van der Waals surface area contributed by atoms with Crippen LogP contribution in [-0.2, 0) is 22.4 Å². The monoisotopic (exact) mass is 377 g/mol. The quantitative estimate of drug-likeness (QED) is 0.611. The molecular formula is C19H20ClNO3S.